The smallest absolute Gasteiger partial charge is 0.337 e. The summed E-state index contributed by atoms with van der Waals surface area (Å²) < 4.78 is 4.70. The highest BCUT2D eigenvalue weighted by Gasteiger charge is 2.17. The van der Waals surface area contributed by atoms with Crippen molar-refractivity contribution in [3.8, 4) is 0 Å². The first-order valence-electron chi connectivity index (χ1n) is 8.78. The summed E-state index contributed by atoms with van der Waals surface area (Å²) in [5, 5.41) is 5.18. The molecule has 0 radical (unpaired) electrons. The maximum absolute atomic E-state index is 12.4. The first kappa shape index (κ1) is 21.5. The van der Waals surface area contributed by atoms with Crippen LogP contribution in [-0.2, 0) is 14.3 Å². The number of hydrogen-bond donors (Lipinski definition) is 2. The Labute approximate surface area is 169 Å². The van der Waals surface area contributed by atoms with Crippen LogP contribution in [0.3, 0.4) is 0 Å². The van der Waals surface area contributed by atoms with Gasteiger partial charge < -0.3 is 15.4 Å². The van der Waals surface area contributed by atoms with Crippen molar-refractivity contribution in [1.29, 1.82) is 0 Å². The second-order valence-electron chi connectivity index (χ2n) is 6.38. The standard InChI is InChI=1S/C21H24N2O4S/c1-13-5-9-17(10-6-13)22-19(24)12-28-15(3)20(25)23-18-11-16(21(26)27-4)8-7-14(18)2/h5-11,15H,12H2,1-4H3,(H,22,24)(H,23,25)/t15-/m1/s1. The van der Waals surface area contributed by atoms with E-state index in [9.17, 15) is 14.4 Å². The number of rotatable bonds is 7. The molecule has 2 aromatic rings. The van der Waals surface area contributed by atoms with E-state index in [0.29, 0.717) is 11.3 Å². The van der Waals surface area contributed by atoms with Crippen LogP contribution in [0.4, 0.5) is 11.4 Å². The second-order valence-corrected chi connectivity index (χ2v) is 7.71. The number of ether oxygens (including phenoxy) is 1. The molecule has 2 N–H and O–H groups in total. The fraction of sp³-hybridized carbons (Fsp3) is 0.286. The number of aryl methyl sites for hydroxylation is 2. The molecule has 6 nitrogen and oxygen atoms in total. The molecule has 0 aromatic heterocycles. The topological polar surface area (TPSA) is 84.5 Å². The lowest BCUT2D eigenvalue weighted by atomic mass is 10.1. The number of amides is 2. The Bertz CT molecular complexity index is 865. The van der Waals surface area contributed by atoms with E-state index in [1.165, 1.54) is 18.9 Å². The highest BCUT2D eigenvalue weighted by molar-refractivity contribution is 8.01. The lowest BCUT2D eigenvalue weighted by molar-refractivity contribution is -0.115. The molecule has 2 amide bonds. The third-order valence-electron chi connectivity index (χ3n) is 4.09. The quantitative estimate of drug-likeness (QED) is 0.691. The largest absolute Gasteiger partial charge is 0.465 e. The Morgan fingerprint density at radius 2 is 1.71 bits per heavy atom. The van der Waals surface area contributed by atoms with E-state index < -0.39 is 11.2 Å². The average Bonchev–Trinajstić information content (AvgIpc) is 2.68. The van der Waals surface area contributed by atoms with Gasteiger partial charge in [0, 0.05) is 11.4 Å². The van der Waals surface area contributed by atoms with Crippen molar-refractivity contribution in [1.82, 2.24) is 0 Å². The van der Waals surface area contributed by atoms with Crippen molar-refractivity contribution in [3.63, 3.8) is 0 Å². The number of benzene rings is 2. The van der Waals surface area contributed by atoms with E-state index in [2.05, 4.69) is 10.6 Å². The number of thioether (sulfide) groups is 1. The van der Waals surface area contributed by atoms with Gasteiger partial charge in [0.25, 0.3) is 0 Å². The first-order valence-corrected chi connectivity index (χ1v) is 9.83. The van der Waals surface area contributed by atoms with Gasteiger partial charge in [-0.1, -0.05) is 23.8 Å². The van der Waals surface area contributed by atoms with E-state index in [1.54, 1.807) is 25.1 Å². The monoisotopic (exact) mass is 400 g/mol. The molecule has 0 aliphatic heterocycles. The predicted molar refractivity (Wildman–Crippen MR) is 113 cm³/mol. The molecule has 0 unspecified atom stereocenters. The summed E-state index contributed by atoms with van der Waals surface area (Å²) in [6.07, 6.45) is 0. The highest BCUT2D eigenvalue weighted by atomic mass is 32.2. The van der Waals surface area contributed by atoms with Gasteiger partial charge >= 0.3 is 5.97 Å². The highest BCUT2D eigenvalue weighted by Crippen LogP contribution is 2.20. The van der Waals surface area contributed by atoms with Crippen LogP contribution in [0.5, 0.6) is 0 Å². The van der Waals surface area contributed by atoms with E-state index in [0.717, 1.165) is 16.8 Å². The van der Waals surface area contributed by atoms with Gasteiger partial charge in [-0.3, -0.25) is 9.59 Å². The zero-order valence-electron chi connectivity index (χ0n) is 16.4. The van der Waals surface area contributed by atoms with Crippen LogP contribution in [0, 0.1) is 13.8 Å². The van der Waals surface area contributed by atoms with Crippen molar-refractivity contribution >= 4 is 40.9 Å². The zero-order chi connectivity index (χ0) is 20.7. The fourth-order valence-electron chi connectivity index (χ4n) is 2.35. The van der Waals surface area contributed by atoms with Crippen molar-refractivity contribution < 1.29 is 19.1 Å². The van der Waals surface area contributed by atoms with Crippen molar-refractivity contribution in [2.45, 2.75) is 26.0 Å². The van der Waals surface area contributed by atoms with Gasteiger partial charge in [0.2, 0.25) is 11.8 Å². The van der Waals surface area contributed by atoms with Gasteiger partial charge in [-0.15, -0.1) is 11.8 Å². The number of anilines is 2. The number of nitrogens with one attached hydrogen (secondary N) is 2. The minimum Gasteiger partial charge on any atom is -0.465 e. The summed E-state index contributed by atoms with van der Waals surface area (Å²) in [7, 11) is 1.31. The van der Waals surface area contributed by atoms with Gasteiger partial charge in [-0.25, -0.2) is 4.79 Å². The molecule has 2 aromatic carbocycles. The van der Waals surface area contributed by atoms with E-state index in [1.807, 2.05) is 38.1 Å². The van der Waals surface area contributed by atoms with Crippen LogP contribution in [0.15, 0.2) is 42.5 Å². The Balaban J connectivity index is 1.89. The van der Waals surface area contributed by atoms with Gasteiger partial charge in [-0.05, 0) is 50.6 Å². The van der Waals surface area contributed by atoms with E-state index in [-0.39, 0.29) is 17.6 Å². The fourth-order valence-corrected chi connectivity index (χ4v) is 3.03. The summed E-state index contributed by atoms with van der Waals surface area (Å²) in [5.41, 5.74) is 3.58. The van der Waals surface area contributed by atoms with Crippen LogP contribution in [-0.4, -0.2) is 35.9 Å². The summed E-state index contributed by atoms with van der Waals surface area (Å²) in [5.74, 6) is -0.717. The number of carbonyl (C=O) groups excluding carboxylic acids is 3. The molecule has 148 valence electrons. The Hall–Kier alpha value is -2.80. The van der Waals surface area contributed by atoms with Gasteiger partial charge in [-0.2, -0.15) is 0 Å². The maximum atomic E-state index is 12.4. The van der Waals surface area contributed by atoms with Crippen LogP contribution < -0.4 is 10.6 Å². The van der Waals surface area contributed by atoms with Crippen molar-refractivity contribution in [3.05, 3.63) is 59.2 Å². The zero-order valence-corrected chi connectivity index (χ0v) is 17.2. The Morgan fingerprint density at radius 1 is 1.04 bits per heavy atom. The van der Waals surface area contributed by atoms with E-state index >= 15 is 0 Å². The molecule has 0 fully saturated rings. The first-order chi connectivity index (χ1) is 13.3. The number of carbonyl (C=O) groups is 3. The van der Waals surface area contributed by atoms with Gasteiger partial charge in [0.15, 0.2) is 0 Å². The molecule has 0 aliphatic carbocycles. The van der Waals surface area contributed by atoms with Crippen molar-refractivity contribution in [2.24, 2.45) is 0 Å². The number of hydrogen-bond acceptors (Lipinski definition) is 5. The third kappa shape index (κ3) is 6.13. The molecule has 1 atom stereocenters. The molecular formula is C21H24N2O4S. The van der Waals surface area contributed by atoms with Crippen LogP contribution >= 0.6 is 11.8 Å². The minimum atomic E-state index is -0.467. The Morgan fingerprint density at radius 3 is 2.36 bits per heavy atom. The Kier molecular flexibility index (Phi) is 7.63. The molecule has 7 heteroatoms. The summed E-state index contributed by atoms with van der Waals surface area (Å²) in [6.45, 7) is 5.55. The molecule has 0 saturated heterocycles. The van der Waals surface area contributed by atoms with Crippen LogP contribution in [0.1, 0.15) is 28.4 Å². The molecule has 0 aliphatic rings. The molecule has 0 saturated carbocycles. The summed E-state index contributed by atoms with van der Waals surface area (Å²) >= 11 is 1.24. The maximum Gasteiger partial charge on any atom is 0.337 e. The summed E-state index contributed by atoms with van der Waals surface area (Å²) in [4.78, 5) is 36.2. The lowest BCUT2D eigenvalue weighted by Gasteiger charge is -2.14. The summed E-state index contributed by atoms with van der Waals surface area (Å²) in [6, 6.07) is 12.5. The molecular weight excluding hydrogens is 376 g/mol. The SMILES string of the molecule is COC(=O)c1ccc(C)c(NC(=O)[C@@H](C)SCC(=O)Nc2ccc(C)cc2)c1. The van der Waals surface area contributed by atoms with E-state index in [4.69, 9.17) is 4.74 Å². The van der Waals surface area contributed by atoms with Crippen molar-refractivity contribution in [2.75, 3.05) is 23.5 Å². The predicted octanol–water partition coefficient (Wildman–Crippen LogP) is 3.79. The second kappa shape index (κ2) is 9.94. The average molecular weight is 401 g/mol. The van der Waals surface area contributed by atoms with Gasteiger partial charge in [0.05, 0.1) is 23.7 Å². The lowest BCUT2D eigenvalue weighted by Crippen LogP contribution is -2.25. The molecule has 28 heavy (non-hydrogen) atoms. The number of methoxy groups -OCH3 is 1. The third-order valence-corrected chi connectivity index (χ3v) is 5.23. The number of esters is 1. The van der Waals surface area contributed by atoms with Crippen LogP contribution in [0.25, 0.3) is 0 Å². The molecule has 2 rings (SSSR count). The van der Waals surface area contributed by atoms with Crippen LogP contribution in [0.2, 0.25) is 0 Å². The molecule has 0 spiro atoms. The molecule has 0 bridgehead atoms. The molecule has 0 heterocycles. The van der Waals surface area contributed by atoms with Gasteiger partial charge in [0.1, 0.15) is 0 Å². The normalized spacial score (nSPS) is 11.4. The minimum absolute atomic E-state index is 0.156.